The summed E-state index contributed by atoms with van der Waals surface area (Å²) >= 11 is 1.63. The number of hydrogen-bond acceptors (Lipinski definition) is 7. The number of esters is 1. The summed E-state index contributed by atoms with van der Waals surface area (Å²) in [4.78, 5) is 40.2. The van der Waals surface area contributed by atoms with Crippen LogP contribution in [0.25, 0.3) is 0 Å². The molecule has 4 aromatic rings. The van der Waals surface area contributed by atoms with E-state index in [1.807, 2.05) is 115 Å². The molecule has 0 bridgehead atoms. The van der Waals surface area contributed by atoms with Gasteiger partial charge in [-0.25, -0.2) is 0 Å². The maximum absolute atomic E-state index is 13.7. The Morgan fingerprint density at radius 2 is 1.26 bits per heavy atom. The number of thioether (sulfide) groups is 1. The van der Waals surface area contributed by atoms with Crippen LogP contribution in [0.5, 0.6) is 5.75 Å². The smallest absolute Gasteiger partial charge is 0.309 e. The monoisotopic (exact) mass is 748 g/mol. The van der Waals surface area contributed by atoms with Crippen LogP contribution in [0.1, 0.15) is 41.5 Å². The van der Waals surface area contributed by atoms with Gasteiger partial charge in [-0.1, -0.05) is 115 Å². The quantitative estimate of drug-likeness (QED) is 0.0511. The Morgan fingerprint density at radius 3 is 1.87 bits per heavy atom. The average molecular weight is 749 g/mol. The molecule has 0 unspecified atom stereocenters. The maximum Gasteiger partial charge on any atom is 0.309 e. The van der Waals surface area contributed by atoms with E-state index in [2.05, 4.69) is 23.8 Å². The van der Waals surface area contributed by atoms with Gasteiger partial charge in [-0.3, -0.25) is 14.4 Å². The Hall–Kier alpha value is -5.12. The van der Waals surface area contributed by atoms with Gasteiger partial charge < -0.3 is 25.2 Å². The van der Waals surface area contributed by atoms with Crippen molar-refractivity contribution >= 4 is 29.5 Å². The van der Waals surface area contributed by atoms with Crippen LogP contribution in [0, 0.1) is 11.8 Å². The van der Waals surface area contributed by atoms with Crippen LogP contribution in [0.3, 0.4) is 0 Å². The maximum atomic E-state index is 13.7. The number of aliphatic hydroxyl groups excluding tert-OH is 1. The van der Waals surface area contributed by atoms with Gasteiger partial charge >= 0.3 is 5.97 Å². The van der Waals surface area contributed by atoms with Crippen LogP contribution in [0.15, 0.2) is 141 Å². The standard InChI is InChI=1S/C45H52N2O6S/c1-3-14-38(28-43(49)46-40(29-48)27-35-22-24-42(25-23-35)52-30-36-18-10-6-11-19-36)44(50)47-41(33-54-32-37-20-12-7-13-21-37)31-53-45(51)39(15-4-2)26-34-16-8-5-9-17-34/h3-13,16-25,38-41,48H,1-2,14-15,26-33H2,(H,46,49)(H,47,50)/t38-,39+,40-,41+/m0/s1. The molecule has 0 saturated heterocycles. The number of ether oxygens (including phenoxy) is 2. The lowest BCUT2D eigenvalue weighted by atomic mass is 9.96. The summed E-state index contributed by atoms with van der Waals surface area (Å²) in [6.07, 6.45) is 4.90. The molecule has 4 aromatic carbocycles. The predicted molar refractivity (Wildman–Crippen MR) is 217 cm³/mol. The van der Waals surface area contributed by atoms with Gasteiger partial charge in [0.05, 0.1) is 30.5 Å². The van der Waals surface area contributed by atoms with Crippen molar-refractivity contribution in [2.24, 2.45) is 11.8 Å². The second-order valence-corrected chi connectivity index (χ2v) is 14.3. The lowest BCUT2D eigenvalue weighted by molar-refractivity contribution is -0.149. The summed E-state index contributed by atoms with van der Waals surface area (Å²) in [6, 6.07) is 36.2. The molecular weight excluding hydrogens is 697 g/mol. The molecule has 2 amide bonds. The number of allylic oxidation sites excluding steroid dienone is 2. The number of carbonyl (C=O) groups is 3. The molecular formula is C45H52N2O6S. The van der Waals surface area contributed by atoms with Gasteiger partial charge in [0.2, 0.25) is 11.8 Å². The predicted octanol–water partition coefficient (Wildman–Crippen LogP) is 7.26. The molecule has 3 N–H and O–H groups in total. The van der Waals surface area contributed by atoms with E-state index in [-0.39, 0.29) is 43.8 Å². The van der Waals surface area contributed by atoms with E-state index in [0.717, 1.165) is 33.8 Å². The minimum atomic E-state index is -0.702. The van der Waals surface area contributed by atoms with Gasteiger partial charge in [-0.15, -0.1) is 13.2 Å². The lowest BCUT2D eigenvalue weighted by Crippen LogP contribution is -2.46. The molecule has 0 radical (unpaired) electrons. The van der Waals surface area contributed by atoms with E-state index in [9.17, 15) is 19.5 Å². The molecule has 0 aromatic heterocycles. The normalized spacial score (nSPS) is 13.1. The van der Waals surface area contributed by atoms with Gasteiger partial charge in [0, 0.05) is 17.9 Å². The van der Waals surface area contributed by atoms with Crippen LogP contribution >= 0.6 is 11.8 Å². The number of aliphatic hydroxyl groups is 1. The molecule has 4 atom stereocenters. The Bertz CT molecular complexity index is 1720. The van der Waals surface area contributed by atoms with Crippen molar-refractivity contribution in [1.29, 1.82) is 0 Å². The van der Waals surface area contributed by atoms with E-state index in [1.165, 1.54) is 0 Å². The van der Waals surface area contributed by atoms with Gasteiger partial charge in [0.25, 0.3) is 0 Å². The molecule has 0 heterocycles. The third-order valence-corrected chi connectivity index (χ3v) is 9.98. The first-order valence-electron chi connectivity index (χ1n) is 18.4. The summed E-state index contributed by atoms with van der Waals surface area (Å²) in [5.74, 6) is -0.197. The first kappa shape index (κ1) is 41.6. The summed E-state index contributed by atoms with van der Waals surface area (Å²) in [6.45, 7) is 7.82. The number of carbonyl (C=O) groups excluding carboxylic acids is 3. The molecule has 54 heavy (non-hydrogen) atoms. The first-order valence-corrected chi connectivity index (χ1v) is 19.5. The lowest BCUT2D eigenvalue weighted by Gasteiger charge is -2.24. The molecule has 284 valence electrons. The van der Waals surface area contributed by atoms with Crippen LogP contribution in [-0.2, 0) is 44.3 Å². The highest BCUT2D eigenvalue weighted by Crippen LogP contribution is 2.19. The Kier molecular flexibility index (Phi) is 18.1. The Labute approximate surface area is 324 Å². The fourth-order valence-electron chi connectivity index (χ4n) is 5.91. The number of benzene rings is 4. The second kappa shape index (κ2) is 23.5. The Morgan fingerprint density at radius 1 is 0.685 bits per heavy atom. The summed E-state index contributed by atoms with van der Waals surface area (Å²) in [5.41, 5.74) is 4.17. The zero-order valence-electron chi connectivity index (χ0n) is 30.8. The molecule has 4 rings (SSSR count). The number of nitrogens with one attached hydrogen (secondary N) is 2. The van der Waals surface area contributed by atoms with Gasteiger partial charge in [0.1, 0.15) is 19.0 Å². The van der Waals surface area contributed by atoms with Gasteiger partial charge in [-0.05, 0) is 60.1 Å². The fourth-order valence-corrected chi connectivity index (χ4v) is 6.92. The second-order valence-electron chi connectivity index (χ2n) is 13.2. The third kappa shape index (κ3) is 15.1. The minimum Gasteiger partial charge on any atom is -0.489 e. The minimum absolute atomic E-state index is 0.00945. The van der Waals surface area contributed by atoms with Gasteiger partial charge in [-0.2, -0.15) is 11.8 Å². The zero-order valence-corrected chi connectivity index (χ0v) is 31.6. The molecule has 8 nitrogen and oxygen atoms in total. The summed E-state index contributed by atoms with van der Waals surface area (Å²) in [5, 5.41) is 16.1. The number of amides is 2. The third-order valence-electron chi connectivity index (χ3n) is 8.81. The fraction of sp³-hybridized carbons (Fsp3) is 0.311. The van der Waals surface area contributed by atoms with Crippen LogP contribution in [0.2, 0.25) is 0 Å². The van der Waals surface area contributed by atoms with Gasteiger partial charge in [0.15, 0.2) is 0 Å². The van der Waals surface area contributed by atoms with Crippen molar-refractivity contribution in [3.05, 3.63) is 163 Å². The number of rotatable bonds is 24. The summed E-state index contributed by atoms with van der Waals surface area (Å²) in [7, 11) is 0. The van der Waals surface area contributed by atoms with E-state index in [0.29, 0.717) is 31.6 Å². The van der Waals surface area contributed by atoms with Crippen LogP contribution in [-0.4, -0.2) is 53.9 Å². The highest BCUT2D eigenvalue weighted by atomic mass is 32.2. The van der Waals surface area contributed by atoms with E-state index in [4.69, 9.17) is 9.47 Å². The highest BCUT2D eigenvalue weighted by molar-refractivity contribution is 7.98. The van der Waals surface area contributed by atoms with Crippen molar-refractivity contribution in [3.63, 3.8) is 0 Å². The van der Waals surface area contributed by atoms with Crippen LogP contribution in [0.4, 0.5) is 0 Å². The molecule has 0 fully saturated rings. The topological polar surface area (TPSA) is 114 Å². The average Bonchev–Trinajstić information content (AvgIpc) is 3.20. The van der Waals surface area contributed by atoms with E-state index >= 15 is 0 Å². The molecule has 0 aliphatic carbocycles. The molecule has 0 aliphatic rings. The van der Waals surface area contributed by atoms with E-state index < -0.39 is 23.9 Å². The largest absolute Gasteiger partial charge is 0.489 e. The molecule has 0 aliphatic heterocycles. The summed E-state index contributed by atoms with van der Waals surface area (Å²) < 4.78 is 11.7. The molecule has 9 heteroatoms. The first-order chi connectivity index (χ1) is 26.4. The Balaban J connectivity index is 1.33. The number of hydrogen-bond donors (Lipinski definition) is 3. The SMILES string of the molecule is C=CC[C@@H](CC(=O)N[C@H](CO)Cc1ccc(OCc2ccccc2)cc1)C(=O)N[C@H](COC(=O)[C@H](CC=C)Cc1ccccc1)CSCc1ccccc1. The van der Waals surface area contributed by atoms with Crippen molar-refractivity contribution in [3.8, 4) is 5.75 Å². The molecule has 0 saturated carbocycles. The van der Waals surface area contributed by atoms with Crippen LogP contribution < -0.4 is 15.4 Å². The van der Waals surface area contributed by atoms with Crippen molar-refractivity contribution in [2.75, 3.05) is 19.0 Å². The van der Waals surface area contributed by atoms with Crippen molar-refractivity contribution < 1.29 is 29.0 Å². The van der Waals surface area contributed by atoms with Crippen molar-refractivity contribution in [1.82, 2.24) is 10.6 Å². The highest BCUT2D eigenvalue weighted by Gasteiger charge is 2.26. The van der Waals surface area contributed by atoms with Crippen molar-refractivity contribution in [2.45, 2.75) is 56.5 Å². The van der Waals surface area contributed by atoms with E-state index in [1.54, 1.807) is 23.9 Å². The molecule has 0 spiro atoms. The zero-order chi connectivity index (χ0) is 38.4.